The molecule has 8 nitrogen and oxygen atoms in total. The maximum Gasteiger partial charge on any atom is 0.360 e. The SMILES string of the molecule is COC(=O)c1nc2n(Cc3nccs3)ccn2c(=O)c1OCc1ccccc1. The molecular formula is C19H16N4O4S. The molecule has 0 radical (unpaired) electrons. The molecule has 3 heterocycles. The van der Waals surface area contributed by atoms with Crippen LogP contribution in [0.4, 0.5) is 0 Å². The highest BCUT2D eigenvalue weighted by atomic mass is 32.1. The third-order valence-electron chi connectivity index (χ3n) is 4.10. The fraction of sp³-hybridized carbons (Fsp3) is 0.158. The van der Waals surface area contributed by atoms with Gasteiger partial charge in [-0.1, -0.05) is 30.3 Å². The number of hydrogen-bond donors (Lipinski definition) is 0. The molecule has 0 aliphatic rings. The average Bonchev–Trinajstić information content (AvgIpc) is 3.38. The van der Waals surface area contributed by atoms with Gasteiger partial charge in [0, 0.05) is 24.0 Å². The van der Waals surface area contributed by atoms with Gasteiger partial charge < -0.3 is 14.0 Å². The number of benzene rings is 1. The molecular weight excluding hydrogens is 380 g/mol. The van der Waals surface area contributed by atoms with E-state index in [-0.39, 0.29) is 18.1 Å². The number of ether oxygens (including phenoxy) is 2. The molecule has 0 saturated heterocycles. The van der Waals surface area contributed by atoms with E-state index in [9.17, 15) is 9.59 Å². The molecule has 0 atom stereocenters. The molecule has 0 aliphatic carbocycles. The zero-order valence-corrected chi connectivity index (χ0v) is 15.8. The van der Waals surface area contributed by atoms with Crippen molar-refractivity contribution >= 4 is 23.1 Å². The molecule has 0 N–H and O–H groups in total. The maximum atomic E-state index is 13.0. The quantitative estimate of drug-likeness (QED) is 0.465. The number of rotatable bonds is 6. The van der Waals surface area contributed by atoms with Gasteiger partial charge in [0.15, 0.2) is 5.69 Å². The number of fused-ring (bicyclic) bond motifs is 1. The first kappa shape index (κ1) is 17.9. The first-order chi connectivity index (χ1) is 13.7. The van der Waals surface area contributed by atoms with Crippen molar-refractivity contribution in [2.24, 2.45) is 0 Å². The van der Waals surface area contributed by atoms with Crippen molar-refractivity contribution in [1.82, 2.24) is 18.9 Å². The molecule has 1 aromatic carbocycles. The zero-order chi connectivity index (χ0) is 19.5. The van der Waals surface area contributed by atoms with Crippen LogP contribution in [0.15, 0.2) is 59.1 Å². The molecule has 0 amide bonds. The Balaban J connectivity index is 1.76. The van der Waals surface area contributed by atoms with E-state index >= 15 is 0 Å². The van der Waals surface area contributed by atoms with Crippen molar-refractivity contribution in [3.05, 3.63) is 80.9 Å². The molecule has 0 bridgehead atoms. The van der Waals surface area contributed by atoms with Gasteiger partial charge in [-0.15, -0.1) is 11.3 Å². The second-order valence-electron chi connectivity index (χ2n) is 5.88. The monoisotopic (exact) mass is 396 g/mol. The molecule has 4 aromatic rings. The third kappa shape index (κ3) is 3.39. The van der Waals surface area contributed by atoms with Gasteiger partial charge in [-0.2, -0.15) is 0 Å². The summed E-state index contributed by atoms with van der Waals surface area (Å²) in [5.74, 6) is -0.558. The minimum absolute atomic E-state index is 0.133. The van der Waals surface area contributed by atoms with E-state index in [4.69, 9.17) is 9.47 Å². The van der Waals surface area contributed by atoms with Gasteiger partial charge in [0.05, 0.1) is 13.7 Å². The van der Waals surface area contributed by atoms with Crippen LogP contribution in [0.5, 0.6) is 5.75 Å². The van der Waals surface area contributed by atoms with Crippen molar-refractivity contribution in [2.75, 3.05) is 7.11 Å². The Morgan fingerprint density at radius 2 is 2.04 bits per heavy atom. The number of hydrogen-bond acceptors (Lipinski definition) is 7. The number of nitrogens with zero attached hydrogens (tertiary/aromatic N) is 4. The lowest BCUT2D eigenvalue weighted by molar-refractivity contribution is 0.0588. The van der Waals surface area contributed by atoms with Crippen LogP contribution in [-0.2, 0) is 17.9 Å². The van der Waals surface area contributed by atoms with Gasteiger partial charge in [-0.25, -0.2) is 19.2 Å². The Hall–Kier alpha value is -3.46. The highest BCUT2D eigenvalue weighted by Crippen LogP contribution is 2.17. The third-order valence-corrected chi connectivity index (χ3v) is 4.87. The lowest BCUT2D eigenvalue weighted by Gasteiger charge is -2.10. The summed E-state index contributed by atoms with van der Waals surface area (Å²) in [5.41, 5.74) is 0.242. The fourth-order valence-electron chi connectivity index (χ4n) is 2.75. The summed E-state index contributed by atoms with van der Waals surface area (Å²) < 4.78 is 13.6. The minimum atomic E-state index is -0.732. The summed E-state index contributed by atoms with van der Waals surface area (Å²) in [6, 6.07) is 9.36. The second kappa shape index (κ2) is 7.65. The normalized spacial score (nSPS) is 10.9. The van der Waals surface area contributed by atoms with Crippen LogP contribution >= 0.6 is 11.3 Å². The van der Waals surface area contributed by atoms with Crippen molar-refractivity contribution in [1.29, 1.82) is 0 Å². The van der Waals surface area contributed by atoms with Gasteiger partial charge in [-0.3, -0.25) is 4.79 Å². The summed E-state index contributed by atoms with van der Waals surface area (Å²) in [7, 11) is 1.24. The minimum Gasteiger partial charge on any atom is -0.481 e. The van der Waals surface area contributed by atoms with Crippen LogP contribution in [0.1, 0.15) is 21.1 Å². The number of carbonyl (C=O) groups is 1. The van der Waals surface area contributed by atoms with E-state index in [0.29, 0.717) is 12.3 Å². The van der Waals surface area contributed by atoms with Crippen molar-refractivity contribution in [2.45, 2.75) is 13.2 Å². The predicted octanol–water partition coefficient (Wildman–Crippen LogP) is 2.37. The van der Waals surface area contributed by atoms with Crippen molar-refractivity contribution in [3.63, 3.8) is 0 Å². The highest BCUT2D eigenvalue weighted by Gasteiger charge is 2.23. The number of imidazole rings is 1. The Kier molecular flexibility index (Phi) is 4.90. The largest absolute Gasteiger partial charge is 0.481 e. The average molecular weight is 396 g/mol. The highest BCUT2D eigenvalue weighted by molar-refractivity contribution is 7.09. The van der Waals surface area contributed by atoms with Gasteiger partial charge >= 0.3 is 11.5 Å². The molecule has 28 heavy (non-hydrogen) atoms. The Morgan fingerprint density at radius 1 is 1.21 bits per heavy atom. The summed E-state index contributed by atoms with van der Waals surface area (Å²) >= 11 is 1.49. The lowest BCUT2D eigenvalue weighted by atomic mass is 10.2. The van der Waals surface area contributed by atoms with Gasteiger partial charge in [0.2, 0.25) is 11.5 Å². The molecule has 3 aromatic heterocycles. The van der Waals surface area contributed by atoms with Gasteiger partial charge in [-0.05, 0) is 5.56 Å². The Labute approximate surface area is 163 Å². The zero-order valence-electron chi connectivity index (χ0n) is 14.9. The maximum absolute atomic E-state index is 13.0. The van der Waals surface area contributed by atoms with E-state index in [1.807, 2.05) is 35.7 Å². The summed E-state index contributed by atoms with van der Waals surface area (Å²) in [6.07, 6.45) is 5.02. The van der Waals surface area contributed by atoms with E-state index in [1.54, 1.807) is 23.2 Å². The second-order valence-corrected chi connectivity index (χ2v) is 6.86. The molecule has 142 valence electrons. The van der Waals surface area contributed by atoms with E-state index in [2.05, 4.69) is 9.97 Å². The Bertz CT molecular complexity index is 1170. The first-order valence-electron chi connectivity index (χ1n) is 8.42. The first-order valence-corrected chi connectivity index (χ1v) is 9.30. The van der Waals surface area contributed by atoms with Crippen LogP contribution in [0, 0.1) is 0 Å². The predicted molar refractivity (Wildman–Crippen MR) is 103 cm³/mol. The van der Waals surface area contributed by atoms with E-state index in [0.717, 1.165) is 10.6 Å². The van der Waals surface area contributed by atoms with Crippen LogP contribution in [0.25, 0.3) is 5.78 Å². The van der Waals surface area contributed by atoms with Crippen LogP contribution in [-0.4, -0.2) is 32.0 Å². The molecule has 9 heteroatoms. The van der Waals surface area contributed by atoms with Crippen molar-refractivity contribution < 1.29 is 14.3 Å². The molecule has 0 spiro atoms. The van der Waals surface area contributed by atoms with Crippen LogP contribution < -0.4 is 10.3 Å². The molecule has 0 aliphatic heterocycles. The lowest BCUT2D eigenvalue weighted by Crippen LogP contribution is -2.23. The van der Waals surface area contributed by atoms with Crippen molar-refractivity contribution in [3.8, 4) is 5.75 Å². The number of thiazole rings is 1. The molecule has 0 fully saturated rings. The van der Waals surface area contributed by atoms with Crippen LogP contribution in [0.2, 0.25) is 0 Å². The van der Waals surface area contributed by atoms with E-state index < -0.39 is 11.5 Å². The number of carbonyl (C=O) groups excluding carboxylic acids is 1. The van der Waals surface area contributed by atoms with E-state index in [1.165, 1.54) is 22.8 Å². The fourth-order valence-corrected chi connectivity index (χ4v) is 3.37. The Morgan fingerprint density at radius 3 is 2.75 bits per heavy atom. The summed E-state index contributed by atoms with van der Waals surface area (Å²) in [4.78, 5) is 33.8. The summed E-state index contributed by atoms with van der Waals surface area (Å²) in [6.45, 7) is 0.569. The molecule has 0 saturated carbocycles. The number of methoxy groups -OCH3 is 1. The molecule has 4 rings (SSSR count). The molecule has 0 unspecified atom stereocenters. The standard InChI is InChI=1S/C19H16N4O4S/c1-26-18(25)15-16(27-12-13-5-3-2-4-6-13)17(24)23-9-8-22(19(23)21-15)11-14-20-7-10-28-14/h2-10H,11-12H2,1H3. The number of esters is 1. The van der Waals surface area contributed by atoms with Gasteiger partial charge in [0.25, 0.3) is 0 Å². The topological polar surface area (TPSA) is 87.7 Å². The number of aromatic nitrogens is 4. The summed E-state index contributed by atoms with van der Waals surface area (Å²) in [5, 5.41) is 2.73. The smallest absolute Gasteiger partial charge is 0.360 e. The van der Waals surface area contributed by atoms with Crippen LogP contribution in [0.3, 0.4) is 0 Å². The van der Waals surface area contributed by atoms with Gasteiger partial charge in [0.1, 0.15) is 11.6 Å².